The van der Waals surface area contributed by atoms with Crippen molar-refractivity contribution >= 4 is 12.0 Å². The molecule has 0 aliphatic rings. The Hall–Kier alpha value is -0.920. The molecule has 1 unspecified atom stereocenters. The number of carbonyl (C=O) groups is 1. The number of aldehydes is 1. The van der Waals surface area contributed by atoms with Crippen LogP contribution in [0.2, 0.25) is 0 Å². The normalized spacial score (nSPS) is 17.0. The van der Waals surface area contributed by atoms with Crippen LogP contribution in [-0.2, 0) is 4.79 Å². The van der Waals surface area contributed by atoms with Crippen LogP contribution in [0, 0.1) is 5.41 Å². The van der Waals surface area contributed by atoms with Gasteiger partial charge < -0.3 is 0 Å². The van der Waals surface area contributed by atoms with Gasteiger partial charge in [-0.15, -0.1) is 0 Å². The second-order valence-electron chi connectivity index (χ2n) is 3.89. The number of hydrogen-bond acceptors (Lipinski definition) is 2. The van der Waals surface area contributed by atoms with Gasteiger partial charge in [0, 0.05) is 12.3 Å². The lowest BCUT2D eigenvalue weighted by Crippen LogP contribution is -2.16. The minimum absolute atomic E-state index is 0.0731. The lowest BCUT2D eigenvalue weighted by Gasteiger charge is -2.23. The second-order valence-corrected chi connectivity index (χ2v) is 3.89. The van der Waals surface area contributed by atoms with Crippen LogP contribution in [0.15, 0.2) is 17.1 Å². The summed E-state index contributed by atoms with van der Waals surface area (Å²) in [6.07, 6.45) is 6.35. The number of hydrogen-bond donors (Lipinski definition) is 0. The molecule has 0 saturated heterocycles. The third kappa shape index (κ3) is 4.95. The standard InChI is InChI=1S/C12H21NO/c1-5-12(4,8-7-9-14)10-11(3)13-6-2/h7-9H,5-6,10H2,1-4H3. The summed E-state index contributed by atoms with van der Waals surface area (Å²) in [5.74, 6) is 0. The maximum atomic E-state index is 10.3. The van der Waals surface area contributed by atoms with Crippen LogP contribution in [-0.4, -0.2) is 18.5 Å². The van der Waals surface area contributed by atoms with Crippen molar-refractivity contribution in [1.29, 1.82) is 0 Å². The molecule has 0 N–H and O–H groups in total. The van der Waals surface area contributed by atoms with E-state index in [9.17, 15) is 4.79 Å². The summed E-state index contributed by atoms with van der Waals surface area (Å²) >= 11 is 0. The molecule has 0 aliphatic heterocycles. The third-order valence-corrected chi connectivity index (χ3v) is 2.47. The van der Waals surface area contributed by atoms with Crippen LogP contribution in [0.3, 0.4) is 0 Å². The molecule has 0 radical (unpaired) electrons. The summed E-state index contributed by atoms with van der Waals surface area (Å²) in [4.78, 5) is 14.6. The number of rotatable bonds is 6. The predicted molar refractivity (Wildman–Crippen MR) is 61.9 cm³/mol. The highest BCUT2D eigenvalue weighted by molar-refractivity contribution is 5.82. The van der Waals surface area contributed by atoms with Crippen LogP contribution in [0.4, 0.5) is 0 Å². The van der Waals surface area contributed by atoms with Crippen LogP contribution in [0.1, 0.15) is 40.5 Å². The molecule has 0 aromatic rings. The van der Waals surface area contributed by atoms with E-state index in [1.807, 2.05) is 19.9 Å². The summed E-state index contributed by atoms with van der Waals surface area (Å²) in [5, 5.41) is 0. The highest BCUT2D eigenvalue weighted by atomic mass is 16.1. The Kier molecular flexibility index (Phi) is 6.09. The Morgan fingerprint density at radius 3 is 2.50 bits per heavy atom. The first-order chi connectivity index (χ1) is 6.58. The average Bonchev–Trinajstić information content (AvgIpc) is 2.15. The number of carbonyl (C=O) groups excluding carboxylic acids is 1. The Labute approximate surface area is 87.1 Å². The summed E-state index contributed by atoms with van der Waals surface area (Å²) < 4.78 is 0. The maximum Gasteiger partial charge on any atom is 0.142 e. The fourth-order valence-corrected chi connectivity index (χ4v) is 1.48. The molecule has 14 heavy (non-hydrogen) atoms. The van der Waals surface area contributed by atoms with E-state index in [-0.39, 0.29) is 5.41 Å². The molecule has 2 nitrogen and oxygen atoms in total. The summed E-state index contributed by atoms with van der Waals surface area (Å²) in [7, 11) is 0. The first-order valence-corrected chi connectivity index (χ1v) is 5.21. The van der Waals surface area contributed by atoms with Gasteiger partial charge in [0.1, 0.15) is 6.29 Å². The van der Waals surface area contributed by atoms with Gasteiger partial charge in [-0.25, -0.2) is 0 Å². The molecule has 0 amide bonds. The second kappa shape index (κ2) is 6.52. The molecule has 0 aromatic heterocycles. The Balaban J connectivity index is 4.46. The van der Waals surface area contributed by atoms with Crippen LogP contribution in [0.5, 0.6) is 0 Å². The van der Waals surface area contributed by atoms with Crippen molar-refractivity contribution in [3.05, 3.63) is 12.2 Å². The van der Waals surface area contributed by atoms with Crippen LogP contribution < -0.4 is 0 Å². The van der Waals surface area contributed by atoms with E-state index in [0.717, 1.165) is 31.4 Å². The quantitative estimate of drug-likeness (QED) is 0.364. The zero-order valence-electron chi connectivity index (χ0n) is 9.71. The highest BCUT2D eigenvalue weighted by Crippen LogP contribution is 2.27. The zero-order chi connectivity index (χ0) is 11.0. The van der Waals surface area contributed by atoms with Gasteiger partial charge in [0.25, 0.3) is 0 Å². The molecule has 2 heteroatoms. The molecule has 0 fully saturated rings. The number of allylic oxidation sites excluding steroid dienone is 2. The van der Waals surface area contributed by atoms with Gasteiger partial charge in [0.05, 0.1) is 0 Å². The van der Waals surface area contributed by atoms with Gasteiger partial charge in [0.15, 0.2) is 0 Å². The van der Waals surface area contributed by atoms with E-state index in [1.54, 1.807) is 6.08 Å². The van der Waals surface area contributed by atoms with Gasteiger partial charge in [-0.1, -0.05) is 19.9 Å². The van der Waals surface area contributed by atoms with Gasteiger partial charge in [-0.3, -0.25) is 9.79 Å². The molecule has 80 valence electrons. The Morgan fingerprint density at radius 2 is 2.07 bits per heavy atom. The smallest absolute Gasteiger partial charge is 0.142 e. The molecular formula is C12H21NO. The van der Waals surface area contributed by atoms with Crippen molar-refractivity contribution in [2.45, 2.75) is 40.5 Å². The molecule has 0 saturated carbocycles. The fraction of sp³-hybridized carbons (Fsp3) is 0.667. The lowest BCUT2D eigenvalue weighted by atomic mass is 9.82. The van der Waals surface area contributed by atoms with Crippen molar-refractivity contribution in [1.82, 2.24) is 0 Å². The molecule has 0 aromatic carbocycles. The fourth-order valence-electron chi connectivity index (χ4n) is 1.48. The van der Waals surface area contributed by atoms with Crippen LogP contribution >= 0.6 is 0 Å². The van der Waals surface area contributed by atoms with Gasteiger partial charge in [0.2, 0.25) is 0 Å². The van der Waals surface area contributed by atoms with E-state index in [2.05, 4.69) is 18.8 Å². The lowest BCUT2D eigenvalue weighted by molar-refractivity contribution is -0.104. The van der Waals surface area contributed by atoms with Gasteiger partial charge in [-0.2, -0.15) is 0 Å². The molecular weight excluding hydrogens is 174 g/mol. The molecule has 0 bridgehead atoms. The van der Waals surface area contributed by atoms with Gasteiger partial charge >= 0.3 is 0 Å². The zero-order valence-corrected chi connectivity index (χ0v) is 9.71. The van der Waals surface area contributed by atoms with E-state index in [0.29, 0.717) is 0 Å². The van der Waals surface area contributed by atoms with E-state index in [4.69, 9.17) is 0 Å². The number of nitrogens with zero attached hydrogens (tertiary/aromatic N) is 1. The van der Waals surface area contributed by atoms with Crippen LogP contribution in [0.25, 0.3) is 0 Å². The molecule has 1 atom stereocenters. The molecule has 0 spiro atoms. The third-order valence-electron chi connectivity index (χ3n) is 2.47. The van der Waals surface area contributed by atoms with Crippen molar-refractivity contribution < 1.29 is 4.79 Å². The van der Waals surface area contributed by atoms with Crippen molar-refractivity contribution in [3.63, 3.8) is 0 Å². The highest BCUT2D eigenvalue weighted by Gasteiger charge is 2.19. The van der Waals surface area contributed by atoms with Crippen molar-refractivity contribution in [2.24, 2.45) is 10.4 Å². The SMILES string of the molecule is CCN=C(C)CC(C)(C=CC=O)CC. The van der Waals surface area contributed by atoms with E-state index >= 15 is 0 Å². The molecule has 0 aliphatic carbocycles. The summed E-state index contributed by atoms with van der Waals surface area (Å²) in [6.45, 7) is 9.21. The molecule has 0 rings (SSSR count). The van der Waals surface area contributed by atoms with Crippen molar-refractivity contribution in [3.8, 4) is 0 Å². The van der Waals surface area contributed by atoms with E-state index < -0.39 is 0 Å². The van der Waals surface area contributed by atoms with Crippen molar-refractivity contribution in [2.75, 3.05) is 6.54 Å². The van der Waals surface area contributed by atoms with Gasteiger partial charge in [-0.05, 0) is 38.2 Å². The monoisotopic (exact) mass is 195 g/mol. The first-order valence-electron chi connectivity index (χ1n) is 5.21. The topological polar surface area (TPSA) is 29.4 Å². The Morgan fingerprint density at radius 1 is 1.43 bits per heavy atom. The minimum atomic E-state index is 0.0731. The van der Waals surface area contributed by atoms with E-state index in [1.165, 1.54) is 0 Å². The minimum Gasteiger partial charge on any atom is -0.299 e. The largest absolute Gasteiger partial charge is 0.299 e. The maximum absolute atomic E-state index is 10.3. The average molecular weight is 195 g/mol. The first kappa shape index (κ1) is 13.1. The Bertz CT molecular complexity index is 230. The summed E-state index contributed by atoms with van der Waals surface area (Å²) in [6, 6.07) is 0. The molecule has 0 heterocycles. The summed E-state index contributed by atoms with van der Waals surface area (Å²) in [5.41, 5.74) is 1.23. The number of aliphatic imine (C=N–C) groups is 1. The predicted octanol–water partition coefficient (Wildman–Crippen LogP) is 3.03.